The van der Waals surface area contributed by atoms with Crippen LogP contribution in [0.15, 0.2) is 47.6 Å². The number of aryl methyl sites for hydroxylation is 2. The summed E-state index contributed by atoms with van der Waals surface area (Å²) < 4.78 is 0. The number of H-pyrrole nitrogens is 1. The number of hydrogen-bond acceptors (Lipinski definition) is 5. The van der Waals surface area contributed by atoms with Gasteiger partial charge in [0.05, 0.1) is 11.4 Å². The maximum atomic E-state index is 12.9. The summed E-state index contributed by atoms with van der Waals surface area (Å²) >= 11 is 0. The number of nitrogens with zero attached hydrogens (tertiary/aromatic N) is 4. The van der Waals surface area contributed by atoms with E-state index in [0.29, 0.717) is 12.3 Å². The molecule has 4 heterocycles. The van der Waals surface area contributed by atoms with Gasteiger partial charge in [-0.15, -0.1) is 0 Å². The number of hydrogen-bond donors (Lipinski definition) is 3. The lowest BCUT2D eigenvalue weighted by atomic mass is 9.91. The molecule has 5 rings (SSSR count). The van der Waals surface area contributed by atoms with E-state index in [1.54, 1.807) is 12.4 Å². The van der Waals surface area contributed by atoms with Gasteiger partial charge >= 0.3 is 6.03 Å². The van der Waals surface area contributed by atoms with Crippen LogP contribution in [0, 0.1) is 13.8 Å². The highest BCUT2D eigenvalue weighted by molar-refractivity contribution is 6.00. The summed E-state index contributed by atoms with van der Waals surface area (Å²) in [7, 11) is 2.09. The third-order valence-electron chi connectivity index (χ3n) is 6.52. The lowest BCUT2D eigenvalue weighted by Gasteiger charge is -2.22. The van der Waals surface area contributed by atoms with Gasteiger partial charge in [-0.2, -0.15) is 5.10 Å². The zero-order valence-electron chi connectivity index (χ0n) is 19.7. The summed E-state index contributed by atoms with van der Waals surface area (Å²) in [5.74, 6) is 0.848. The predicted molar refractivity (Wildman–Crippen MR) is 134 cm³/mol. The topological polar surface area (TPSA) is 98.3 Å². The van der Waals surface area contributed by atoms with Crippen molar-refractivity contribution in [2.75, 3.05) is 20.1 Å². The monoisotopic (exact) mass is 455 g/mol. The highest BCUT2D eigenvalue weighted by Gasteiger charge is 2.33. The van der Waals surface area contributed by atoms with Crippen molar-refractivity contribution < 1.29 is 4.79 Å². The van der Waals surface area contributed by atoms with Crippen LogP contribution < -0.4 is 21.2 Å². The normalized spacial score (nSPS) is 19.9. The standard InChI is InChI=1S/C26H29N7O/c1-16-6-4-5-7-19(16)21-14-33(3)15-23(21)29-26(34)30-24-9-8-22-20(13-28-24)25(32-31-22)18-10-11-27-17(2)12-18/h4-8,10-13,21,23,31H,9,14-15H2,1-3H3,(H2,28,29,30,34)/t21-,23+/m1/s1. The summed E-state index contributed by atoms with van der Waals surface area (Å²) in [5, 5.41) is 15.5. The molecule has 8 heteroatoms. The Morgan fingerprint density at radius 2 is 2.03 bits per heavy atom. The molecule has 34 heavy (non-hydrogen) atoms. The second kappa shape index (κ2) is 9.23. The lowest BCUT2D eigenvalue weighted by molar-refractivity contribution is 0.240. The number of likely N-dealkylation sites (N-methyl/N-ethyl adjacent to an activating group) is 1. The number of pyridine rings is 1. The Morgan fingerprint density at radius 3 is 2.85 bits per heavy atom. The Kier molecular flexibility index (Phi) is 5.98. The van der Waals surface area contributed by atoms with Crippen LogP contribution in [0.1, 0.15) is 29.2 Å². The molecule has 0 unspecified atom stereocenters. The molecule has 174 valence electrons. The van der Waals surface area contributed by atoms with E-state index in [9.17, 15) is 4.79 Å². The van der Waals surface area contributed by atoms with Crippen LogP contribution in [-0.2, 0) is 0 Å². The lowest BCUT2D eigenvalue weighted by Crippen LogP contribution is -2.47. The molecule has 3 aromatic rings. The molecule has 0 bridgehead atoms. The molecule has 1 aromatic carbocycles. The summed E-state index contributed by atoms with van der Waals surface area (Å²) in [6, 6.07) is 12.1. The summed E-state index contributed by atoms with van der Waals surface area (Å²) in [5.41, 5.74) is 5.27. The van der Waals surface area contributed by atoms with Crippen LogP contribution in [0.4, 0.5) is 4.79 Å². The number of aromatic amines is 1. The Balaban J connectivity index is 1.32. The Labute approximate surface area is 198 Å². The Morgan fingerprint density at radius 1 is 1.18 bits per heavy atom. The van der Waals surface area contributed by atoms with Crippen molar-refractivity contribution in [3.63, 3.8) is 0 Å². The number of aliphatic imine (C=N–C) groups is 1. The van der Waals surface area contributed by atoms with Crippen molar-refractivity contribution in [2.24, 2.45) is 4.99 Å². The first-order valence-corrected chi connectivity index (χ1v) is 11.5. The Bertz CT molecular complexity index is 1370. The third kappa shape index (κ3) is 4.49. The zero-order chi connectivity index (χ0) is 23.7. The Hall–Kier alpha value is -3.78. The fraction of sp³-hybridized carbons (Fsp3) is 0.308. The van der Waals surface area contributed by atoms with Gasteiger partial charge in [0.15, 0.2) is 0 Å². The van der Waals surface area contributed by atoms with Gasteiger partial charge in [-0.3, -0.25) is 15.4 Å². The molecule has 0 spiro atoms. The number of amides is 2. The van der Waals surface area contributed by atoms with Gasteiger partial charge in [0.1, 0.15) is 11.5 Å². The largest absolute Gasteiger partial charge is 0.333 e. The number of fused-ring (bicyclic) bond motifs is 1. The van der Waals surface area contributed by atoms with E-state index in [2.05, 4.69) is 73.9 Å². The van der Waals surface area contributed by atoms with Crippen molar-refractivity contribution in [3.8, 4) is 11.3 Å². The van der Waals surface area contributed by atoms with Crippen LogP contribution in [-0.4, -0.2) is 58.1 Å². The molecule has 8 nitrogen and oxygen atoms in total. The second-order valence-corrected chi connectivity index (χ2v) is 9.09. The predicted octanol–water partition coefficient (Wildman–Crippen LogP) is 1.81. The van der Waals surface area contributed by atoms with Gasteiger partial charge in [0, 0.05) is 54.3 Å². The van der Waals surface area contributed by atoms with E-state index in [4.69, 9.17) is 0 Å². The van der Waals surface area contributed by atoms with Crippen LogP contribution in [0.2, 0.25) is 0 Å². The molecule has 0 radical (unpaired) electrons. The number of likely N-dealkylation sites (tertiary alicyclic amines) is 1. The van der Waals surface area contributed by atoms with Gasteiger partial charge in [-0.1, -0.05) is 30.3 Å². The first kappa shape index (κ1) is 22.0. The van der Waals surface area contributed by atoms with Crippen molar-refractivity contribution in [1.29, 1.82) is 0 Å². The smallest absolute Gasteiger partial charge is 0.320 e. The molecular weight excluding hydrogens is 426 g/mol. The minimum Gasteiger partial charge on any atom is -0.333 e. The van der Waals surface area contributed by atoms with E-state index in [1.165, 1.54) is 11.1 Å². The van der Waals surface area contributed by atoms with Gasteiger partial charge in [0.25, 0.3) is 0 Å². The van der Waals surface area contributed by atoms with E-state index in [0.717, 1.165) is 40.6 Å². The second-order valence-electron chi connectivity index (χ2n) is 9.09. The number of benzene rings is 1. The van der Waals surface area contributed by atoms with E-state index in [1.807, 2.05) is 25.1 Å². The number of carbonyl (C=O) groups is 1. The highest BCUT2D eigenvalue weighted by atomic mass is 16.2. The summed E-state index contributed by atoms with van der Waals surface area (Å²) in [4.78, 5) is 24.0. The van der Waals surface area contributed by atoms with E-state index < -0.39 is 0 Å². The van der Waals surface area contributed by atoms with E-state index in [-0.39, 0.29) is 18.0 Å². The number of amidine groups is 1. The van der Waals surface area contributed by atoms with Crippen molar-refractivity contribution in [1.82, 2.24) is 30.7 Å². The average Bonchev–Trinajstić information content (AvgIpc) is 3.32. The van der Waals surface area contributed by atoms with Crippen LogP contribution in [0.3, 0.4) is 0 Å². The van der Waals surface area contributed by atoms with Gasteiger partial charge < -0.3 is 10.2 Å². The number of rotatable bonds is 3. The van der Waals surface area contributed by atoms with Gasteiger partial charge in [-0.25, -0.2) is 9.79 Å². The van der Waals surface area contributed by atoms with Gasteiger partial charge in [0.2, 0.25) is 0 Å². The summed E-state index contributed by atoms with van der Waals surface area (Å²) in [6.45, 7) is 5.80. The molecule has 2 amide bonds. The zero-order valence-corrected chi connectivity index (χ0v) is 19.7. The first-order valence-electron chi connectivity index (χ1n) is 11.5. The third-order valence-corrected chi connectivity index (χ3v) is 6.52. The minimum atomic E-state index is -0.229. The molecule has 0 aliphatic carbocycles. The SMILES string of the molecule is Cc1cc(-c2n[nH]c3c2=CN=C(NC(=O)N[C@H]2CN(C)C[C@@H]2c2ccccc2C)CC=3)ccn1. The molecule has 2 aliphatic heterocycles. The molecule has 2 aromatic heterocycles. The molecule has 2 atom stereocenters. The maximum absolute atomic E-state index is 12.9. The summed E-state index contributed by atoms with van der Waals surface area (Å²) in [6.07, 6.45) is 6.04. The van der Waals surface area contributed by atoms with Crippen molar-refractivity contribution >= 4 is 24.1 Å². The number of urea groups is 1. The maximum Gasteiger partial charge on any atom is 0.320 e. The molecule has 0 saturated carbocycles. The molecular formula is C26H29N7O. The number of aromatic nitrogens is 3. The van der Waals surface area contributed by atoms with Crippen LogP contribution in [0.25, 0.3) is 23.5 Å². The molecule has 1 fully saturated rings. The van der Waals surface area contributed by atoms with Crippen LogP contribution in [0.5, 0.6) is 0 Å². The molecule has 1 saturated heterocycles. The first-order chi connectivity index (χ1) is 16.5. The quantitative estimate of drug-likeness (QED) is 0.561. The van der Waals surface area contributed by atoms with Crippen LogP contribution >= 0.6 is 0 Å². The number of carbonyl (C=O) groups excluding carboxylic acids is 1. The average molecular weight is 456 g/mol. The van der Waals surface area contributed by atoms with Crippen molar-refractivity contribution in [2.45, 2.75) is 32.2 Å². The molecule has 2 aliphatic rings. The highest BCUT2D eigenvalue weighted by Crippen LogP contribution is 2.29. The van der Waals surface area contributed by atoms with E-state index >= 15 is 0 Å². The fourth-order valence-corrected chi connectivity index (χ4v) is 4.84. The fourth-order valence-electron chi connectivity index (χ4n) is 4.84. The minimum absolute atomic E-state index is 0.0314. The molecule has 3 N–H and O–H groups in total. The van der Waals surface area contributed by atoms with Gasteiger partial charge in [-0.05, 0) is 44.2 Å². The number of nitrogens with one attached hydrogen (secondary N) is 3. The van der Waals surface area contributed by atoms with Crippen molar-refractivity contribution in [3.05, 3.63) is 70.0 Å².